The largest absolute Gasteiger partial charge is 0.495 e. The van der Waals surface area contributed by atoms with Crippen molar-refractivity contribution in [2.75, 3.05) is 13.7 Å². The number of ether oxygens (including phenoxy) is 1. The normalized spacial score (nSPS) is 26.6. The first kappa shape index (κ1) is 21.1. The number of sulfonamides is 1. The Balaban J connectivity index is 1.88. The van der Waals surface area contributed by atoms with E-state index in [1.54, 1.807) is 16.4 Å². The third kappa shape index (κ3) is 4.35. The van der Waals surface area contributed by atoms with Crippen LogP contribution in [0.4, 0.5) is 0 Å². The number of piperidine rings is 1. The molecule has 0 bridgehead atoms. The summed E-state index contributed by atoms with van der Waals surface area (Å²) in [5.74, 6) is 0.498. The Hall–Kier alpha value is -1.60. The van der Waals surface area contributed by atoms with Crippen LogP contribution in [-0.2, 0) is 10.0 Å². The fourth-order valence-corrected chi connectivity index (χ4v) is 6.24. The number of carbonyl (C=O) groups is 1. The Morgan fingerprint density at radius 1 is 1.11 bits per heavy atom. The lowest BCUT2D eigenvalue weighted by Gasteiger charge is -2.32. The maximum Gasteiger partial charge on any atom is 0.251 e. The van der Waals surface area contributed by atoms with Crippen molar-refractivity contribution < 1.29 is 17.9 Å². The molecule has 0 unspecified atom stereocenters. The third-order valence-electron chi connectivity index (χ3n) is 6.18. The second kappa shape index (κ2) is 8.82. The second-order valence-electron chi connectivity index (χ2n) is 8.17. The van der Waals surface area contributed by atoms with Gasteiger partial charge in [-0.2, -0.15) is 4.31 Å². The van der Waals surface area contributed by atoms with Crippen LogP contribution >= 0.6 is 0 Å². The zero-order chi connectivity index (χ0) is 20.3. The van der Waals surface area contributed by atoms with Gasteiger partial charge in [-0.05, 0) is 56.7 Å². The van der Waals surface area contributed by atoms with Gasteiger partial charge in [0.1, 0.15) is 10.6 Å². The summed E-state index contributed by atoms with van der Waals surface area (Å²) in [6, 6.07) is 4.79. The van der Waals surface area contributed by atoms with Gasteiger partial charge < -0.3 is 10.1 Å². The maximum absolute atomic E-state index is 13.3. The summed E-state index contributed by atoms with van der Waals surface area (Å²) in [6.45, 7) is 4.60. The van der Waals surface area contributed by atoms with Crippen LogP contribution in [0.25, 0.3) is 0 Å². The number of hydrogen-bond donors (Lipinski definition) is 1. The van der Waals surface area contributed by atoms with Gasteiger partial charge in [0.2, 0.25) is 10.0 Å². The smallest absolute Gasteiger partial charge is 0.251 e. The summed E-state index contributed by atoms with van der Waals surface area (Å²) in [7, 11) is -2.27. The quantitative estimate of drug-likeness (QED) is 0.808. The molecule has 1 amide bonds. The highest BCUT2D eigenvalue weighted by Gasteiger charge is 2.34. The van der Waals surface area contributed by atoms with Gasteiger partial charge in [0.25, 0.3) is 5.91 Å². The van der Waals surface area contributed by atoms with Crippen LogP contribution in [0.3, 0.4) is 0 Å². The SMILES string of the molecule is COc1ccc(C(=O)N[C@@H]2CCCC[C@H]2C)cc1S(=O)(=O)N1CCCC[C@H]1C. The summed E-state index contributed by atoms with van der Waals surface area (Å²) < 4.78 is 33.5. The van der Waals surface area contributed by atoms with Gasteiger partial charge in [0.15, 0.2) is 0 Å². The highest BCUT2D eigenvalue weighted by Crippen LogP contribution is 2.32. The Labute approximate surface area is 168 Å². The fraction of sp³-hybridized carbons (Fsp3) is 0.667. The molecule has 156 valence electrons. The first-order valence-corrected chi connectivity index (χ1v) is 11.8. The van der Waals surface area contributed by atoms with E-state index in [1.165, 1.54) is 19.6 Å². The Kier molecular flexibility index (Phi) is 6.65. The monoisotopic (exact) mass is 408 g/mol. The molecule has 2 fully saturated rings. The molecule has 7 heteroatoms. The van der Waals surface area contributed by atoms with E-state index in [2.05, 4.69) is 12.2 Å². The Morgan fingerprint density at radius 3 is 2.50 bits per heavy atom. The second-order valence-corrected chi connectivity index (χ2v) is 10.0. The van der Waals surface area contributed by atoms with E-state index in [1.807, 2.05) is 6.92 Å². The first-order chi connectivity index (χ1) is 13.3. The molecule has 1 heterocycles. The van der Waals surface area contributed by atoms with Gasteiger partial charge in [0, 0.05) is 24.2 Å². The van der Waals surface area contributed by atoms with Gasteiger partial charge in [0.05, 0.1) is 7.11 Å². The molecule has 2 aliphatic rings. The van der Waals surface area contributed by atoms with Crippen molar-refractivity contribution >= 4 is 15.9 Å². The van der Waals surface area contributed by atoms with Gasteiger partial charge in [-0.15, -0.1) is 0 Å². The van der Waals surface area contributed by atoms with Gasteiger partial charge in [-0.25, -0.2) is 8.42 Å². The van der Waals surface area contributed by atoms with E-state index < -0.39 is 10.0 Å². The lowest BCUT2D eigenvalue weighted by Crippen LogP contribution is -2.42. The average molecular weight is 409 g/mol. The minimum absolute atomic E-state index is 0.0518. The highest BCUT2D eigenvalue weighted by atomic mass is 32.2. The predicted octanol–water partition coefficient (Wildman–Crippen LogP) is 3.57. The minimum Gasteiger partial charge on any atom is -0.495 e. The molecule has 6 nitrogen and oxygen atoms in total. The molecule has 0 aromatic heterocycles. The standard InChI is InChI=1S/C21H32N2O4S/c1-15-8-4-5-10-18(15)22-21(24)17-11-12-19(27-3)20(14-17)28(25,26)23-13-7-6-9-16(23)2/h11-12,14-16,18H,4-10,13H2,1-3H3,(H,22,24)/t15-,16-,18-/m1/s1. The lowest BCUT2D eigenvalue weighted by molar-refractivity contribution is 0.0910. The molecule has 0 radical (unpaired) electrons. The van der Waals surface area contributed by atoms with E-state index in [-0.39, 0.29) is 28.6 Å². The molecule has 3 atom stereocenters. The zero-order valence-electron chi connectivity index (χ0n) is 17.1. The van der Waals surface area contributed by atoms with Crippen molar-refractivity contribution in [2.24, 2.45) is 5.92 Å². The number of carbonyl (C=O) groups excluding carboxylic acids is 1. The molecule has 1 N–H and O–H groups in total. The topological polar surface area (TPSA) is 75.7 Å². The number of nitrogens with one attached hydrogen (secondary N) is 1. The van der Waals surface area contributed by atoms with Crippen LogP contribution in [0.15, 0.2) is 23.1 Å². The van der Waals surface area contributed by atoms with Gasteiger partial charge >= 0.3 is 0 Å². The Bertz CT molecular complexity index is 809. The van der Waals surface area contributed by atoms with Crippen LogP contribution in [0.5, 0.6) is 5.75 Å². The van der Waals surface area contributed by atoms with Crippen molar-refractivity contribution in [1.29, 1.82) is 0 Å². The van der Waals surface area contributed by atoms with Crippen molar-refractivity contribution in [1.82, 2.24) is 9.62 Å². The molecule has 1 aromatic carbocycles. The van der Waals surface area contributed by atoms with E-state index >= 15 is 0 Å². The molecule has 3 rings (SSSR count). The first-order valence-electron chi connectivity index (χ1n) is 10.4. The fourth-order valence-electron chi connectivity index (χ4n) is 4.36. The average Bonchev–Trinajstić information content (AvgIpc) is 2.69. The number of benzene rings is 1. The van der Waals surface area contributed by atoms with Gasteiger partial charge in [-0.1, -0.05) is 26.2 Å². The molecule has 1 aliphatic carbocycles. The molecule has 1 aromatic rings. The highest BCUT2D eigenvalue weighted by molar-refractivity contribution is 7.89. The summed E-state index contributed by atoms with van der Waals surface area (Å²) in [6.07, 6.45) is 7.13. The van der Waals surface area contributed by atoms with Crippen LogP contribution in [0.1, 0.15) is 69.2 Å². The van der Waals surface area contributed by atoms with Crippen LogP contribution < -0.4 is 10.1 Å². The third-order valence-corrected chi connectivity index (χ3v) is 8.22. The van der Waals surface area contributed by atoms with Crippen molar-refractivity contribution in [2.45, 2.75) is 75.8 Å². The number of hydrogen-bond acceptors (Lipinski definition) is 4. The molecular formula is C21H32N2O4S. The molecule has 1 saturated carbocycles. The predicted molar refractivity (Wildman–Crippen MR) is 109 cm³/mol. The number of methoxy groups -OCH3 is 1. The van der Waals surface area contributed by atoms with Crippen molar-refractivity contribution in [3.63, 3.8) is 0 Å². The summed E-state index contributed by atoms with van der Waals surface area (Å²) in [4.78, 5) is 12.9. The molecule has 1 saturated heterocycles. The summed E-state index contributed by atoms with van der Waals surface area (Å²) in [5.41, 5.74) is 0.363. The minimum atomic E-state index is -3.73. The molecule has 1 aliphatic heterocycles. The molecule has 0 spiro atoms. The summed E-state index contributed by atoms with van der Waals surface area (Å²) in [5, 5.41) is 3.10. The van der Waals surface area contributed by atoms with E-state index in [4.69, 9.17) is 4.74 Å². The molecule has 28 heavy (non-hydrogen) atoms. The van der Waals surface area contributed by atoms with Crippen LogP contribution in [0, 0.1) is 5.92 Å². The van der Waals surface area contributed by atoms with Crippen molar-refractivity contribution in [3.05, 3.63) is 23.8 Å². The van der Waals surface area contributed by atoms with Crippen molar-refractivity contribution in [3.8, 4) is 5.75 Å². The molecular weight excluding hydrogens is 376 g/mol. The van der Waals surface area contributed by atoms with E-state index in [9.17, 15) is 13.2 Å². The van der Waals surface area contributed by atoms with E-state index in [0.717, 1.165) is 38.5 Å². The van der Waals surface area contributed by atoms with E-state index in [0.29, 0.717) is 18.0 Å². The van der Waals surface area contributed by atoms with Gasteiger partial charge in [-0.3, -0.25) is 4.79 Å². The lowest BCUT2D eigenvalue weighted by atomic mass is 9.86. The van der Waals surface area contributed by atoms with Crippen LogP contribution in [0.2, 0.25) is 0 Å². The maximum atomic E-state index is 13.3. The zero-order valence-corrected chi connectivity index (χ0v) is 17.9. The van der Waals surface area contributed by atoms with Crippen LogP contribution in [-0.4, -0.2) is 44.4 Å². The number of amides is 1. The Morgan fingerprint density at radius 2 is 1.82 bits per heavy atom. The summed E-state index contributed by atoms with van der Waals surface area (Å²) >= 11 is 0. The number of nitrogens with zero attached hydrogens (tertiary/aromatic N) is 1. The number of rotatable bonds is 5.